The minimum atomic E-state index is -1.64. The van der Waals surface area contributed by atoms with Crippen molar-refractivity contribution in [3.8, 4) is 0 Å². The van der Waals surface area contributed by atoms with Gasteiger partial charge in [0.15, 0.2) is 12.4 Å². The minimum Gasteiger partial charge on any atom is -0.454 e. The van der Waals surface area contributed by atoms with Gasteiger partial charge in [0.2, 0.25) is 5.91 Å². The molecule has 8 atom stereocenters. The van der Waals surface area contributed by atoms with Gasteiger partial charge in [-0.15, -0.1) is 0 Å². The van der Waals surface area contributed by atoms with E-state index in [1.807, 2.05) is 60.8 Å². The second-order valence-corrected chi connectivity index (χ2v) is 21.1. The summed E-state index contributed by atoms with van der Waals surface area (Å²) in [5.74, 6) is -1.27. The maximum absolute atomic E-state index is 13.4. The third kappa shape index (κ3) is 43.8. The maximum Gasteiger partial charge on any atom is 0.306 e. The van der Waals surface area contributed by atoms with E-state index in [2.05, 4.69) is 105 Å². The van der Waals surface area contributed by atoms with E-state index < -0.39 is 67.4 Å². The highest BCUT2D eigenvalue weighted by Gasteiger charge is 2.47. The maximum atomic E-state index is 13.4. The standard InChI is InChI=1S/C70H113NO10/c1-4-7-10-13-16-19-22-25-27-28-29-30-31-32-33-34-35-36-37-40-43-46-49-52-55-58-65(75)81-68-67(77)66(76)64(59-72)80-70(68)79-60-61(62(73)56-53-50-47-44-41-38-24-21-18-15-12-9-6-3)71-69(78)63(74)57-54-51-48-45-42-39-26-23-20-17-14-11-8-5-2/h7-8,10-11,14,16-17,19-20,23,25-27,29-30,32-33,35-36,39,42,45,53,56,61-64,66-68,70,72-74,76-77H,4-6,9,12-13,15,18,21-22,24,28,31,34,37-38,40-41,43-44,46-52,54-55,57-60H2,1-3H3,(H,71,78)/b10-7-,11-8+,17-14+,19-16-,23-20-,27-25-,30-29-,33-32-,36-35-,39-26-,45-42+,56-53+. The molecular formula is C70H113NO10. The van der Waals surface area contributed by atoms with Gasteiger partial charge in [-0.1, -0.05) is 263 Å². The minimum absolute atomic E-state index is 0.0910. The third-order valence-corrected chi connectivity index (χ3v) is 13.9. The summed E-state index contributed by atoms with van der Waals surface area (Å²) < 4.78 is 17.6. The molecule has 0 aromatic carbocycles. The normalized spacial score (nSPS) is 19.7. The van der Waals surface area contributed by atoms with E-state index in [1.54, 1.807) is 6.08 Å². The number of nitrogens with one attached hydrogen (secondary N) is 1. The summed E-state index contributed by atoms with van der Waals surface area (Å²) in [5, 5.41) is 57.0. The van der Waals surface area contributed by atoms with Gasteiger partial charge in [0, 0.05) is 6.42 Å². The molecule has 458 valence electrons. The molecule has 1 aliphatic rings. The first kappa shape index (κ1) is 74.6. The fraction of sp³-hybridized carbons (Fsp3) is 0.629. The molecule has 11 nitrogen and oxygen atoms in total. The number of esters is 1. The lowest BCUT2D eigenvalue weighted by molar-refractivity contribution is -0.305. The number of hydrogen-bond acceptors (Lipinski definition) is 10. The summed E-state index contributed by atoms with van der Waals surface area (Å²) in [6.07, 6.45) is 70.2. The summed E-state index contributed by atoms with van der Waals surface area (Å²) in [6, 6.07) is -1.06. The number of carbonyl (C=O) groups is 2. The van der Waals surface area contributed by atoms with Gasteiger partial charge in [-0.2, -0.15) is 0 Å². The Kier molecular flexibility index (Phi) is 51.6. The van der Waals surface area contributed by atoms with Crippen LogP contribution in [0.1, 0.15) is 220 Å². The van der Waals surface area contributed by atoms with Crippen LogP contribution in [0.2, 0.25) is 0 Å². The monoisotopic (exact) mass is 1130 g/mol. The molecule has 8 unspecified atom stereocenters. The highest BCUT2D eigenvalue weighted by Crippen LogP contribution is 2.26. The van der Waals surface area contributed by atoms with Crippen LogP contribution in [0.25, 0.3) is 0 Å². The molecule has 0 radical (unpaired) electrons. The Morgan fingerprint density at radius 2 is 0.951 bits per heavy atom. The summed E-state index contributed by atoms with van der Waals surface area (Å²) in [5.41, 5.74) is 0. The molecule has 0 aliphatic carbocycles. The lowest BCUT2D eigenvalue weighted by atomic mass is 9.99. The zero-order valence-electron chi connectivity index (χ0n) is 50.6. The van der Waals surface area contributed by atoms with Crippen molar-refractivity contribution in [2.45, 2.75) is 269 Å². The fourth-order valence-electron chi connectivity index (χ4n) is 8.91. The summed E-state index contributed by atoms with van der Waals surface area (Å²) >= 11 is 0. The van der Waals surface area contributed by atoms with Gasteiger partial charge in [0.05, 0.1) is 25.4 Å². The van der Waals surface area contributed by atoms with E-state index in [-0.39, 0.29) is 19.4 Å². The van der Waals surface area contributed by atoms with Crippen LogP contribution < -0.4 is 5.32 Å². The Hall–Kier alpha value is -4.46. The van der Waals surface area contributed by atoms with E-state index >= 15 is 0 Å². The number of aliphatic hydroxyl groups excluding tert-OH is 5. The molecule has 1 saturated heterocycles. The van der Waals surface area contributed by atoms with Crippen LogP contribution in [-0.4, -0.2) is 99.6 Å². The van der Waals surface area contributed by atoms with Crippen LogP contribution in [0.15, 0.2) is 146 Å². The van der Waals surface area contributed by atoms with E-state index in [4.69, 9.17) is 14.2 Å². The van der Waals surface area contributed by atoms with Gasteiger partial charge in [0.25, 0.3) is 0 Å². The summed E-state index contributed by atoms with van der Waals surface area (Å²) in [4.78, 5) is 26.6. The summed E-state index contributed by atoms with van der Waals surface area (Å²) in [7, 11) is 0. The number of amides is 1. The van der Waals surface area contributed by atoms with Crippen molar-refractivity contribution >= 4 is 11.9 Å². The number of allylic oxidation sites excluding steroid dienone is 23. The van der Waals surface area contributed by atoms with Crippen LogP contribution in [-0.2, 0) is 23.8 Å². The lowest BCUT2D eigenvalue weighted by Gasteiger charge is -2.41. The van der Waals surface area contributed by atoms with E-state index in [0.29, 0.717) is 12.8 Å². The zero-order chi connectivity index (χ0) is 58.9. The molecule has 0 aromatic rings. The van der Waals surface area contributed by atoms with Crippen molar-refractivity contribution in [2.75, 3.05) is 13.2 Å². The highest BCUT2D eigenvalue weighted by atomic mass is 16.7. The van der Waals surface area contributed by atoms with Crippen molar-refractivity contribution < 1.29 is 49.3 Å². The number of rotatable bonds is 51. The van der Waals surface area contributed by atoms with Crippen LogP contribution in [0.3, 0.4) is 0 Å². The number of aliphatic hydroxyl groups is 5. The lowest BCUT2D eigenvalue weighted by Crippen LogP contribution is -2.61. The Labute approximate surface area is 492 Å². The summed E-state index contributed by atoms with van der Waals surface area (Å²) in [6.45, 7) is 5.48. The van der Waals surface area contributed by atoms with Gasteiger partial charge >= 0.3 is 5.97 Å². The number of ether oxygens (including phenoxy) is 3. The SMILES string of the molecule is CC/C=C\C/C=C\C/C=C\C/C=C\C/C=C\C/C=C\CCCCCCCCC(=O)OC1C(OCC(NC(=O)C(O)CCCC/C=C/C=C\C=C/C=C/C=C/CC)C(O)/C=C/CCCCCCCCCCCCC)OC(CO)C(O)C1O. The molecule has 1 rings (SSSR count). The molecular weight excluding hydrogens is 1010 g/mol. The smallest absolute Gasteiger partial charge is 0.306 e. The van der Waals surface area contributed by atoms with Crippen LogP contribution >= 0.6 is 0 Å². The Bertz CT molecular complexity index is 1870. The molecule has 11 heteroatoms. The largest absolute Gasteiger partial charge is 0.454 e. The van der Waals surface area contributed by atoms with Crippen molar-refractivity contribution in [2.24, 2.45) is 0 Å². The number of carbonyl (C=O) groups excluding carboxylic acids is 2. The van der Waals surface area contributed by atoms with Crippen molar-refractivity contribution in [1.82, 2.24) is 5.32 Å². The molecule has 1 amide bonds. The molecule has 0 aromatic heterocycles. The van der Waals surface area contributed by atoms with Crippen molar-refractivity contribution in [1.29, 1.82) is 0 Å². The average molecular weight is 1130 g/mol. The molecule has 1 fully saturated rings. The quantitative estimate of drug-likeness (QED) is 0.0149. The predicted octanol–water partition coefficient (Wildman–Crippen LogP) is 15.4. The number of unbranched alkanes of at least 4 members (excludes halogenated alkanes) is 19. The van der Waals surface area contributed by atoms with Crippen LogP contribution in [0.4, 0.5) is 0 Å². The van der Waals surface area contributed by atoms with E-state index in [1.165, 1.54) is 51.4 Å². The second-order valence-electron chi connectivity index (χ2n) is 21.1. The van der Waals surface area contributed by atoms with Crippen molar-refractivity contribution in [3.63, 3.8) is 0 Å². The molecule has 1 heterocycles. The molecule has 0 bridgehead atoms. The van der Waals surface area contributed by atoms with Gasteiger partial charge < -0.3 is 45.1 Å². The third-order valence-electron chi connectivity index (χ3n) is 13.9. The predicted molar refractivity (Wildman–Crippen MR) is 337 cm³/mol. The first-order valence-electron chi connectivity index (χ1n) is 31.7. The Morgan fingerprint density at radius 3 is 1.48 bits per heavy atom. The van der Waals surface area contributed by atoms with Gasteiger partial charge in [-0.25, -0.2) is 0 Å². The second kappa shape index (κ2) is 56.0. The Morgan fingerprint density at radius 1 is 0.506 bits per heavy atom. The van der Waals surface area contributed by atoms with E-state index in [0.717, 1.165) is 122 Å². The zero-order valence-corrected chi connectivity index (χ0v) is 50.6. The molecule has 0 spiro atoms. The van der Waals surface area contributed by atoms with E-state index in [9.17, 15) is 35.1 Å². The van der Waals surface area contributed by atoms with Gasteiger partial charge in [-0.3, -0.25) is 9.59 Å². The highest BCUT2D eigenvalue weighted by molar-refractivity contribution is 5.80. The molecule has 6 N–H and O–H groups in total. The molecule has 81 heavy (non-hydrogen) atoms. The Balaban J connectivity index is 2.68. The van der Waals surface area contributed by atoms with Gasteiger partial charge in [-0.05, 0) is 96.3 Å². The first-order chi connectivity index (χ1) is 39.7. The topological polar surface area (TPSA) is 175 Å². The van der Waals surface area contributed by atoms with Crippen LogP contribution in [0.5, 0.6) is 0 Å². The van der Waals surface area contributed by atoms with Crippen molar-refractivity contribution in [3.05, 3.63) is 146 Å². The average Bonchev–Trinajstić information content (AvgIpc) is 3.47. The molecule has 1 aliphatic heterocycles. The van der Waals surface area contributed by atoms with Gasteiger partial charge in [0.1, 0.15) is 24.4 Å². The number of hydrogen-bond donors (Lipinski definition) is 6. The molecule has 0 saturated carbocycles. The first-order valence-corrected chi connectivity index (χ1v) is 31.7. The van der Waals surface area contributed by atoms with Crippen LogP contribution in [0, 0.1) is 0 Å². The fourth-order valence-corrected chi connectivity index (χ4v) is 8.91.